The van der Waals surface area contributed by atoms with Gasteiger partial charge in [0.2, 0.25) is 5.91 Å². The van der Waals surface area contributed by atoms with Crippen molar-refractivity contribution in [2.45, 2.75) is 41.0 Å². The molecule has 0 aliphatic carbocycles. The molecule has 0 bridgehead atoms. The highest BCUT2D eigenvalue weighted by atomic mass is 16.1. The normalized spacial score (nSPS) is 15.5. The fourth-order valence-corrected chi connectivity index (χ4v) is 1.29. The van der Waals surface area contributed by atoms with Gasteiger partial charge in [0.1, 0.15) is 0 Å². The lowest BCUT2D eigenvalue weighted by molar-refractivity contribution is -0.124. The second kappa shape index (κ2) is 6.01. The Morgan fingerprint density at radius 2 is 1.77 bits per heavy atom. The van der Waals surface area contributed by atoms with E-state index in [9.17, 15) is 4.79 Å². The van der Waals surface area contributed by atoms with Crippen LogP contribution in [0.1, 0.15) is 41.0 Å². The summed E-state index contributed by atoms with van der Waals surface area (Å²) in [5, 5.41) is 2.85. The molecule has 0 aromatic carbocycles. The van der Waals surface area contributed by atoms with Crippen molar-refractivity contribution in [3.8, 4) is 0 Å². The predicted octanol–water partition coefficient (Wildman–Crippen LogP) is 2.44. The highest BCUT2D eigenvalue weighted by Gasteiger charge is 2.17. The van der Waals surface area contributed by atoms with Crippen LogP contribution in [-0.2, 0) is 4.79 Å². The second-order valence-electron chi connectivity index (χ2n) is 4.25. The van der Waals surface area contributed by atoms with E-state index in [1.54, 1.807) is 0 Å². The standard InChI is InChI=1S/C11H23NO/c1-6-12-11(13)10(5)7-9(4)8(2)3/h8-10H,6-7H2,1-5H3,(H,12,13). The molecule has 2 atom stereocenters. The number of carbonyl (C=O) groups excluding carboxylic acids is 1. The van der Waals surface area contributed by atoms with Crippen molar-refractivity contribution >= 4 is 5.91 Å². The van der Waals surface area contributed by atoms with E-state index in [-0.39, 0.29) is 11.8 Å². The van der Waals surface area contributed by atoms with Gasteiger partial charge >= 0.3 is 0 Å². The molecule has 0 rings (SSSR count). The molecule has 2 nitrogen and oxygen atoms in total. The Bertz CT molecular complexity index is 154. The molecule has 0 aromatic heterocycles. The molecule has 0 aromatic rings. The molecule has 2 heteroatoms. The van der Waals surface area contributed by atoms with E-state index in [2.05, 4.69) is 26.1 Å². The average Bonchev–Trinajstić information content (AvgIpc) is 2.04. The van der Waals surface area contributed by atoms with Gasteiger partial charge in [-0.1, -0.05) is 27.7 Å². The van der Waals surface area contributed by atoms with Crippen LogP contribution in [0.15, 0.2) is 0 Å². The van der Waals surface area contributed by atoms with Crippen LogP contribution in [0.4, 0.5) is 0 Å². The zero-order chi connectivity index (χ0) is 10.4. The van der Waals surface area contributed by atoms with Crippen molar-refractivity contribution in [3.05, 3.63) is 0 Å². The van der Waals surface area contributed by atoms with Gasteiger partial charge in [0.15, 0.2) is 0 Å². The largest absolute Gasteiger partial charge is 0.356 e. The Balaban J connectivity index is 3.85. The summed E-state index contributed by atoms with van der Waals surface area (Å²) >= 11 is 0. The first kappa shape index (κ1) is 12.5. The lowest BCUT2D eigenvalue weighted by Crippen LogP contribution is -2.30. The molecular formula is C11H23NO. The maximum atomic E-state index is 11.4. The fraction of sp³-hybridized carbons (Fsp3) is 0.909. The lowest BCUT2D eigenvalue weighted by Gasteiger charge is -2.19. The number of amides is 1. The highest BCUT2D eigenvalue weighted by molar-refractivity contribution is 5.78. The van der Waals surface area contributed by atoms with Crippen LogP contribution in [0.5, 0.6) is 0 Å². The van der Waals surface area contributed by atoms with E-state index in [4.69, 9.17) is 0 Å². The molecule has 13 heavy (non-hydrogen) atoms. The van der Waals surface area contributed by atoms with Crippen LogP contribution in [0.2, 0.25) is 0 Å². The molecule has 1 amide bonds. The number of hydrogen-bond donors (Lipinski definition) is 1. The summed E-state index contributed by atoms with van der Waals surface area (Å²) in [4.78, 5) is 11.4. The van der Waals surface area contributed by atoms with E-state index < -0.39 is 0 Å². The Morgan fingerprint density at radius 1 is 1.23 bits per heavy atom. The SMILES string of the molecule is CCNC(=O)C(C)CC(C)C(C)C. The summed E-state index contributed by atoms with van der Waals surface area (Å²) in [5.74, 6) is 1.63. The van der Waals surface area contributed by atoms with Gasteiger partial charge in [-0.2, -0.15) is 0 Å². The first-order valence-electron chi connectivity index (χ1n) is 5.26. The van der Waals surface area contributed by atoms with E-state index >= 15 is 0 Å². The molecule has 0 saturated carbocycles. The minimum absolute atomic E-state index is 0.150. The molecule has 0 aliphatic heterocycles. The first-order valence-corrected chi connectivity index (χ1v) is 5.26. The minimum atomic E-state index is 0.150. The fourth-order valence-electron chi connectivity index (χ4n) is 1.29. The van der Waals surface area contributed by atoms with Gasteiger partial charge in [-0.3, -0.25) is 4.79 Å². The van der Waals surface area contributed by atoms with Gasteiger partial charge in [0.25, 0.3) is 0 Å². The average molecular weight is 185 g/mol. The van der Waals surface area contributed by atoms with Crippen LogP contribution < -0.4 is 5.32 Å². The molecule has 0 fully saturated rings. The van der Waals surface area contributed by atoms with Crippen molar-refractivity contribution in [2.75, 3.05) is 6.54 Å². The Hall–Kier alpha value is -0.530. The summed E-state index contributed by atoms with van der Waals surface area (Å²) < 4.78 is 0. The van der Waals surface area contributed by atoms with Gasteiger partial charge in [0.05, 0.1) is 0 Å². The lowest BCUT2D eigenvalue weighted by atomic mass is 9.88. The van der Waals surface area contributed by atoms with E-state index in [0.29, 0.717) is 11.8 Å². The Morgan fingerprint density at radius 3 is 2.15 bits per heavy atom. The summed E-state index contributed by atoms with van der Waals surface area (Å²) in [5.41, 5.74) is 0. The van der Waals surface area contributed by atoms with Gasteiger partial charge in [-0.05, 0) is 25.2 Å². The van der Waals surface area contributed by atoms with Crippen molar-refractivity contribution < 1.29 is 4.79 Å². The number of hydrogen-bond acceptors (Lipinski definition) is 1. The Labute approximate surface area is 82.1 Å². The molecule has 0 aliphatic rings. The molecule has 0 heterocycles. The third-order valence-electron chi connectivity index (χ3n) is 2.66. The molecule has 0 spiro atoms. The van der Waals surface area contributed by atoms with Crippen LogP contribution >= 0.6 is 0 Å². The highest BCUT2D eigenvalue weighted by Crippen LogP contribution is 2.19. The molecular weight excluding hydrogens is 162 g/mol. The Kier molecular flexibility index (Phi) is 5.76. The molecule has 0 saturated heterocycles. The summed E-state index contributed by atoms with van der Waals surface area (Å²) in [6, 6.07) is 0. The number of nitrogens with one attached hydrogen (secondary N) is 1. The minimum Gasteiger partial charge on any atom is -0.356 e. The van der Waals surface area contributed by atoms with E-state index in [1.807, 2.05) is 13.8 Å². The van der Waals surface area contributed by atoms with Crippen LogP contribution in [0, 0.1) is 17.8 Å². The van der Waals surface area contributed by atoms with Crippen molar-refractivity contribution in [3.63, 3.8) is 0 Å². The maximum absolute atomic E-state index is 11.4. The quantitative estimate of drug-likeness (QED) is 0.700. The topological polar surface area (TPSA) is 29.1 Å². The van der Waals surface area contributed by atoms with Crippen LogP contribution in [0.3, 0.4) is 0 Å². The number of rotatable bonds is 5. The second-order valence-corrected chi connectivity index (χ2v) is 4.25. The van der Waals surface area contributed by atoms with Gasteiger partial charge in [-0.15, -0.1) is 0 Å². The summed E-state index contributed by atoms with van der Waals surface area (Å²) in [7, 11) is 0. The van der Waals surface area contributed by atoms with Gasteiger partial charge < -0.3 is 5.32 Å². The van der Waals surface area contributed by atoms with Crippen molar-refractivity contribution in [1.29, 1.82) is 0 Å². The van der Waals surface area contributed by atoms with Crippen LogP contribution in [0.25, 0.3) is 0 Å². The maximum Gasteiger partial charge on any atom is 0.222 e. The van der Waals surface area contributed by atoms with E-state index in [0.717, 1.165) is 13.0 Å². The number of carbonyl (C=O) groups is 1. The molecule has 2 unspecified atom stereocenters. The van der Waals surface area contributed by atoms with Crippen molar-refractivity contribution in [1.82, 2.24) is 5.32 Å². The summed E-state index contributed by atoms with van der Waals surface area (Å²) in [6.45, 7) is 11.3. The smallest absolute Gasteiger partial charge is 0.222 e. The van der Waals surface area contributed by atoms with E-state index in [1.165, 1.54) is 0 Å². The third kappa shape index (κ3) is 4.91. The van der Waals surface area contributed by atoms with Gasteiger partial charge in [-0.25, -0.2) is 0 Å². The molecule has 0 radical (unpaired) electrons. The third-order valence-corrected chi connectivity index (χ3v) is 2.66. The van der Waals surface area contributed by atoms with Crippen LogP contribution in [-0.4, -0.2) is 12.5 Å². The molecule has 78 valence electrons. The van der Waals surface area contributed by atoms with Gasteiger partial charge in [0, 0.05) is 12.5 Å². The summed E-state index contributed by atoms with van der Waals surface area (Å²) in [6.07, 6.45) is 0.990. The monoisotopic (exact) mass is 185 g/mol. The first-order chi connectivity index (χ1) is 5.99. The molecule has 1 N–H and O–H groups in total. The zero-order valence-corrected chi connectivity index (χ0v) is 9.55. The van der Waals surface area contributed by atoms with Crippen molar-refractivity contribution in [2.24, 2.45) is 17.8 Å². The zero-order valence-electron chi connectivity index (χ0n) is 9.55. The predicted molar refractivity (Wildman–Crippen MR) is 56.5 cm³/mol.